The van der Waals surface area contributed by atoms with Crippen molar-refractivity contribution in [2.24, 2.45) is 5.92 Å². The summed E-state index contributed by atoms with van der Waals surface area (Å²) in [7, 11) is -0.329. The Morgan fingerprint density at radius 3 is 2.59 bits per heavy atom. The van der Waals surface area contributed by atoms with Crippen LogP contribution in [0.4, 0.5) is 10.5 Å². The smallest absolute Gasteiger partial charge is 0.415 e. The van der Waals surface area contributed by atoms with Crippen molar-refractivity contribution in [1.29, 1.82) is 0 Å². The number of nitrogens with zero attached hydrogens (tertiary/aromatic N) is 2. The van der Waals surface area contributed by atoms with E-state index in [1.165, 1.54) is 18.2 Å². The lowest BCUT2D eigenvalue weighted by Crippen LogP contribution is -2.73. The van der Waals surface area contributed by atoms with E-state index in [9.17, 15) is 4.79 Å². The van der Waals surface area contributed by atoms with Crippen molar-refractivity contribution in [2.45, 2.75) is 82.3 Å². The van der Waals surface area contributed by atoms with Gasteiger partial charge in [0.1, 0.15) is 5.66 Å². The van der Waals surface area contributed by atoms with Gasteiger partial charge in [-0.05, 0) is 61.9 Å². The molecule has 4 atom stereocenters. The molecule has 174 valence electrons. The van der Waals surface area contributed by atoms with Crippen molar-refractivity contribution in [3.8, 4) is 0 Å². The second-order valence-electron chi connectivity index (χ2n) is 10.1. The topological polar surface area (TPSA) is 42.0 Å². The SMILES string of the molecule is C/C=C1/CN2CC[C@@]34c5ccccc5N(C(=O)OC)[C@@]23CC1C[C@H]4O[Si](CC)(CC)CC. The van der Waals surface area contributed by atoms with Gasteiger partial charge in [-0.2, -0.15) is 0 Å². The Hall–Kier alpha value is -1.63. The van der Waals surface area contributed by atoms with Gasteiger partial charge in [0.25, 0.3) is 0 Å². The molecule has 6 heteroatoms. The molecule has 0 radical (unpaired) electrons. The van der Waals surface area contributed by atoms with Crippen molar-refractivity contribution in [2.75, 3.05) is 25.1 Å². The van der Waals surface area contributed by atoms with Gasteiger partial charge in [0.15, 0.2) is 8.32 Å². The van der Waals surface area contributed by atoms with Crippen LogP contribution < -0.4 is 4.90 Å². The van der Waals surface area contributed by atoms with Gasteiger partial charge >= 0.3 is 6.09 Å². The van der Waals surface area contributed by atoms with E-state index in [0.29, 0.717) is 5.92 Å². The van der Waals surface area contributed by atoms with Gasteiger partial charge in [-0.25, -0.2) is 4.79 Å². The lowest BCUT2D eigenvalue weighted by Gasteiger charge is -2.61. The third-order valence-electron chi connectivity index (χ3n) is 9.54. The van der Waals surface area contributed by atoms with Crippen LogP contribution in [0.1, 0.15) is 52.5 Å². The summed E-state index contributed by atoms with van der Waals surface area (Å²) in [5.74, 6) is 0.450. The number of ether oxygens (including phenoxy) is 1. The maximum absolute atomic E-state index is 13.4. The zero-order chi connectivity index (χ0) is 22.7. The van der Waals surface area contributed by atoms with E-state index in [1.807, 2.05) is 4.90 Å². The Balaban J connectivity index is 1.75. The van der Waals surface area contributed by atoms with Crippen molar-refractivity contribution >= 4 is 20.1 Å². The van der Waals surface area contributed by atoms with Crippen LogP contribution in [0.2, 0.25) is 18.1 Å². The first-order valence-electron chi connectivity index (χ1n) is 12.5. The normalized spacial score (nSPS) is 34.5. The van der Waals surface area contributed by atoms with E-state index >= 15 is 0 Å². The Morgan fingerprint density at radius 1 is 1.22 bits per heavy atom. The summed E-state index contributed by atoms with van der Waals surface area (Å²) in [6.07, 6.45) is 5.27. The van der Waals surface area contributed by atoms with E-state index in [2.05, 4.69) is 62.9 Å². The van der Waals surface area contributed by atoms with Gasteiger partial charge in [0, 0.05) is 13.1 Å². The van der Waals surface area contributed by atoms with Gasteiger partial charge in [0.05, 0.1) is 24.3 Å². The number of carbonyl (C=O) groups is 1. The van der Waals surface area contributed by atoms with Crippen molar-refractivity contribution in [1.82, 2.24) is 4.90 Å². The molecule has 0 aromatic heterocycles. The maximum atomic E-state index is 13.4. The molecule has 1 aliphatic carbocycles. The van der Waals surface area contributed by atoms with Gasteiger partial charge in [0.2, 0.25) is 0 Å². The number of piperidine rings is 1. The van der Waals surface area contributed by atoms with Crippen LogP contribution >= 0.6 is 0 Å². The molecule has 2 saturated heterocycles. The Morgan fingerprint density at radius 2 is 1.94 bits per heavy atom. The van der Waals surface area contributed by atoms with Gasteiger partial charge in [-0.15, -0.1) is 0 Å². The average Bonchev–Trinajstić information content (AvgIpc) is 3.31. The minimum atomic E-state index is -1.84. The van der Waals surface area contributed by atoms with E-state index < -0.39 is 8.32 Å². The van der Waals surface area contributed by atoms with Gasteiger partial charge < -0.3 is 9.16 Å². The first-order valence-corrected chi connectivity index (χ1v) is 15.1. The molecule has 0 N–H and O–H groups in total. The van der Waals surface area contributed by atoms with Crippen LogP contribution in [0, 0.1) is 5.92 Å². The summed E-state index contributed by atoms with van der Waals surface area (Å²) in [6.45, 7) is 11.1. The standard InChI is InChI=1S/C26H38N2O3Si/c1-6-19-18-27-15-14-25-21-12-10-11-13-22(21)28(24(29)30-5)26(25,27)17-20(19)16-23(25)31-32(7-2,8-3)9-4/h6,10-13,20,23H,7-9,14-18H2,1-5H3/b19-6-/t20?,23-,25+,26-/m1/s1. The van der Waals surface area contributed by atoms with E-state index in [0.717, 1.165) is 56.2 Å². The monoisotopic (exact) mass is 454 g/mol. The molecule has 3 fully saturated rings. The minimum Gasteiger partial charge on any atom is -0.452 e. The molecule has 5 nitrogen and oxygen atoms in total. The number of anilines is 1. The molecule has 1 spiro atoms. The average molecular weight is 455 g/mol. The highest BCUT2D eigenvalue weighted by atomic mass is 28.4. The number of para-hydroxylation sites is 1. The van der Waals surface area contributed by atoms with Gasteiger partial charge in [-0.3, -0.25) is 9.80 Å². The highest BCUT2D eigenvalue weighted by molar-refractivity contribution is 6.73. The predicted octanol–water partition coefficient (Wildman–Crippen LogP) is 5.67. The molecule has 1 amide bonds. The van der Waals surface area contributed by atoms with Crippen LogP contribution in [0.5, 0.6) is 0 Å². The maximum Gasteiger partial charge on any atom is 0.415 e. The fraction of sp³-hybridized carbons (Fsp3) is 0.654. The minimum absolute atomic E-state index is 0.129. The molecule has 2 bridgehead atoms. The first-order chi connectivity index (χ1) is 15.5. The number of amides is 1. The second-order valence-corrected chi connectivity index (χ2v) is 14.9. The molecule has 3 aliphatic heterocycles. The lowest BCUT2D eigenvalue weighted by atomic mass is 9.57. The van der Waals surface area contributed by atoms with Crippen molar-refractivity contribution < 1.29 is 14.0 Å². The molecule has 5 rings (SSSR count). The number of hydrogen-bond acceptors (Lipinski definition) is 4. The van der Waals surface area contributed by atoms with Crippen LogP contribution in [0.15, 0.2) is 35.9 Å². The largest absolute Gasteiger partial charge is 0.452 e. The second kappa shape index (κ2) is 7.71. The van der Waals surface area contributed by atoms with Crippen LogP contribution in [-0.2, 0) is 14.6 Å². The third-order valence-corrected chi connectivity index (χ3v) is 14.2. The quantitative estimate of drug-likeness (QED) is 0.424. The molecule has 1 aromatic rings. The fourth-order valence-electron chi connectivity index (χ4n) is 7.76. The molecule has 3 heterocycles. The number of hydrogen-bond donors (Lipinski definition) is 0. The predicted molar refractivity (Wildman–Crippen MR) is 130 cm³/mol. The summed E-state index contributed by atoms with van der Waals surface area (Å²) in [5, 5.41) is 0. The van der Waals surface area contributed by atoms with Crippen molar-refractivity contribution in [3.05, 3.63) is 41.5 Å². The van der Waals surface area contributed by atoms with Crippen molar-refractivity contribution in [3.63, 3.8) is 0 Å². The summed E-state index contributed by atoms with van der Waals surface area (Å²) >= 11 is 0. The fourth-order valence-corrected chi connectivity index (χ4v) is 10.7. The summed E-state index contributed by atoms with van der Waals surface area (Å²) in [4.78, 5) is 18.0. The molecule has 1 unspecified atom stereocenters. The number of benzene rings is 1. The van der Waals surface area contributed by atoms with E-state index in [4.69, 9.17) is 9.16 Å². The number of fused-ring (bicyclic) bond motifs is 2. The van der Waals surface area contributed by atoms with Crippen LogP contribution in [0.3, 0.4) is 0 Å². The Kier molecular flexibility index (Phi) is 5.34. The van der Waals surface area contributed by atoms with Crippen LogP contribution in [0.25, 0.3) is 0 Å². The molecule has 1 saturated carbocycles. The van der Waals surface area contributed by atoms with Crippen LogP contribution in [-0.4, -0.2) is 51.3 Å². The highest BCUT2D eigenvalue weighted by Gasteiger charge is 2.76. The molecular weight excluding hydrogens is 416 g/mol. The molecule has 4 aliphatic rings. The lowest BCUT2D eigenvalue weighted by molar-refractivity contribution is -0.0600. The van der Waals surface area contributed by atoms with E-state index in [-0.39, 0.29) is 23.3 Å². The molecular formula is C26H38N2O3Si. The third kappa shape index (κ3) is 2.54. The number of methoxy groups -OCH3 is 1. The molecule has 1 aromatic carbocycles. The first kappa shape index (κ1) is 22.2. The number of allylic oxidation sites excluding steroid dienone is 1. The Bertz CT molecular complexity index is 936. The zero-order valence-electron chi connectivity index (χ0n) is 20.3. The number of rotatable bonds is 5. The summed E-state index contributed by atoms with van der Waals surface area (Å²) in [6, 6.07) is 12.0. The number of carbonyl (C=O) groups excluding carboxylic acids is 1. The zero-order valence-corrected chi connectivity index (χ0v) is 21.3. The highest BCUT2D eigenvalue weighted by Crippen LogP contribution is 2.68. The van der Waals surface area contributed by atoms with E-state index in [1.54, 1.807) is 0 Å². The summed E-state index contributed by atoms with van der Waals surface area (Å²) < 4.78 is 12.8. The van der Waals surface area contributed by atoms with Gasteiger partial charge in [-0.1, -0.05) is 50.6 Å². The summed E-state index contributed by atoms with van der Waals surface area (Å²) in [5.41, 5.74) is 3.26. The Labute approximate surface area is 193 Å². The molecule has 32 heavy (non-hydrogen) atoms.